The summed E-state index contributed by atoms with van der Waals surface area (Å²) in [6.45, 7) is 0.0640. The molecule has 0 aliphatic carbocycles. The fourth-order valence-corrected chi connectivity index (χ4v) is 2.34. The van der Waals surface area contributed by atoms with Crippen LogP contribution in [0.2, 0.25) is 10.0 Å². The molecule has 2 rings (SSSR count). The number of aliphatic hydroxyl groups is 1. The molecule has 0 fully saturated rings. The maximum absolute atomic E-state index is 13.0. The van der Waals surface area contributed by atoms with E-state index < -0.39 is 17.7 Å². The first-order valence-electron chi connectivity index (χ1n) is 5.79. The Balaban J connectivity index is 2.09. The van der Waals surface area contributed by atoms with Gasteiger partial charge in [0, 0.05) is 6.54 Å². The van der Waals surface area contributed by atoms with Gasteiger partial charge in [0.1, 0.15) is 11.6 Å². The molecule has 0 spiro atoms. The Labute approximate surface area is 125 Å². The predicted molar refractivity (Wildman–Crippen MR) is 76.3 cm³/mol. The Morgan fingerprint density at radius 2 is 1.70 bits per heavy atom. The van der Waals surface area contributed by atoms with E-state index in [1.54, 1.807) is 6.07 Å². The van der Waals surface area contributed by atoms with Crippen LogP contribution in [0.15, 0.2) is 36.4 Å². The van der Waals surface area contributed by atoms with Crippen molar-refractivity contribution in [2.75, 3.05) is 11.9 Å². The normalized spacial score (nSPS) is 12.2. The van der Waals surface area contributed by atoms with Crippen molar-refractivity contribution in [1.82, 2.24) is 0 Å². The third-order valence-electron chi connectivity index (χ3n) is 2.71. The number of hydrogen-bond donors (Lipinski definition) is 2. The van der Waals surface area contributed by atoms with E-state index in [4.69, 9.17) is 23.2 Å². The summed E-state index contributed by atoms with van der Waals surface area (Å²) >= 11 is 11.7. The van der Waals surface area contributed by atoms with Crippen molar-refractivity contribution in [2.24, 2.45) is 0 Å². The number of anilines is 1. The van der Waals surface area contributed by atoms with Crippen LogP contribution in [0.3, 0.4) is 0 Å². The molecule has 2 aromatic rings. The second-order valence-corrected chi connectivity index (χ2v) is 5.01. The van der Waals surface area contributed by atoms with Gasteiger partial charge in [0.2, 0.25) is 0 Å². The highest BCUT2D eigenvalue weighted by Gasteiger charge is 2.12. The first kappa shape index (κ1) is 15.0. The molecule has 1 atom stereocenters. The van der Waals surface area contributed by atoms with Crippen LogP contribution in [0, 0.1) is 11.6 Å². The Morgan fingerprint density at radius 1 is 1.05 bits per heavy atom. The van der Waals surface area contributed by atoms with E-state index in [-0.39, 0.29) is 16.6 Å². The first-order valence-corrected chi connectivity index (χ1v) is 6.55. The fraction of sp³-hybridized carbons (Fsp3) is 0.143. The van der Waals surface area contributed by atoms with Crippen molar-refractivity contribution in [3.63, 3.8) is 0 Å². The Hall–Kier alpha value is -1.36. The summed E-state index contributed by atoms with van der Waals surface area (Å²) in [4.78, 5) is 0. The molecule has 2 N–H and O–H groups in total. The Bertz CT molecular complexity index is 599. The lowest BCUT2D eigenvalue weighted by atomic mass is 10.1. The number of benzene rings is 2. The van der Waals surface area contributed by atoms with Crippen molar-refractivity contribution in [3.8, 4) is 0 Å². The smallest absolute Gasteiger partial charge is 0.126 e. The van der Waals surface area contributed by atoms with Crippen LogP contribution in [0.5, 0.6) is 0 Å². The van der Waals surface area contributed by atoms with E-state index in [9.17, 15) is 13.9 Å². The van der Waals surface area contributed by atoms with Crippen molar-refractivity contribution in [3.05, 3.63) is 63.6 Å². The molecule has 0 saturated carbocycles. The van der Waals surface area contributed by atoms with Gasteiger partial charge in [-0.15, -0.1) is 0 Å². The Morgan fingerprint density at radius 3 is 2.30 bits per heavy atom. The summed E-state index contributed by atoms with van der Waals surface area (Å²) in [7, 11) is 0. The SMILES string of the molecule is OC(CNc1c(Cl)cc(F)cc1Cl)c1cccc(F)c1. The van der Waals surface area contributed by atoms with Gasteiger partial charge in [0.25, 0.3) is 0 Å². The van der Waals surface area contributed by atoms with Crippen LogP contribution in [0.4, 0.5) is 14.5 Å². The summed E-state index contributed by atoms with van der Waals surface area (Å²) in [6, 6.07) is 7.86. The van der Waals surface area contributed by atoms with Crippen LogP contribution in [0.25, 0.3) is 0 Å². The lowest BCUT2D eigenvalue weighted by molar-refractivity contribution is 0.191. The number of rotatable bonds is 4. The van der Waals surface area contributed by atoms with Gasteiger partial charge in [0.05, 0.1) is 21.8 Å². The molecule has 20 heavy (non-hydrogen) atoms. The highest BCUT2D eigenvalue weighted by Crippen LogP contribution is 2.31. The number of halogens is 4. The highest BCUT2D eigenvalue weighted by atomic mass is 35.5. The Kier molecular flexibility index (Phi) is 4.81. The van der Waals surface area contributed by atoms with Gasteiger partial charge < -0.3 is 10.4 Å². The summed E-state index contributed by atoms with van der Waals surface area (Å²) in [5, 5.41) is 13.0. The third kappa shape index (κ3) is 3.60. The summed E-state index contributed by atoms with van der Waals surface area (Å²) in [5.74, 6) is -0.976. The minimum absolute atomic E-state index is 0.0640. The molecule has 0 radical (unpaired) electrons. The van der Waals surface area contributed by atoms with Crippen LogP contribution >= 0.6 is 23.2 Å². The maximum Gasteiger partial charge on any atom is 0.126 e. The number of nitrogens with one attached hydrogen (secondary N) is 1. The van der Waals surface area contributed by atoms with Gasteiger partial charge in [-0.05, 0) is 29.8 Å². The van der Waals surface area contributed by atoms with Crippen LogP contribution in [-0.2, 0) is 0 Å². The van der Waals surface area contributed by atoms with Crippen LogP contribution in [-0.4, -0.2) is 11.7 Å². The molecule has 0 aromatic heterocycles. The molecule has 2 aromatic carbocycles. The lowest BCUT2D eigenvalue weighted by Gasteiger charge is -2.15. The average molecular weight is 318 g/mol. The largest absolute Gasteiger partial charge is 0.387 e. The van der Waals surface area contributed by atoms with E-state index >= 15 is 0 Å². The minimum Gasteiger partial charge on any atom is -0.387 e. The quantitative estimate of drug-likeness (QED) is 0.875. The molecule has 0 aliphatic rings. The summed E-state index contributed by atoms with van der Waals surface area (Å²) < 4.78 is 26.1. The van der Waals surface area contributed by atoms with Gasteiger partial charge in [-0.2, -0.15) is 0 Å². The molecule has 106 valence electrons. The van der Waals surface area contributed by atoms with Crippen LogP contribution in [0.1, 0.15) is 11.7 Å². The zero-order valence-electron chi connectivity index (χ0n) is 10.2. The zero-order valence-corrected chi connectivity index (χ0v) is 11.7. The van der Waals surface area contributed by atoms with Crippen LogP contribution < -0.4 is 5.32 Å². The third-order valence-corrected chi connectivity index (χ3v) is 3.31. The molecular formula is C14H11Cl2F2NO. The second-order valence-electron chi connectivity index (χ2n) is 4.20. The monoisotopic (exact) mass is 317 g/mol. The molecule has 2 nitrogen and oxygen atoms in total. The highest BCUT2D eigenvalue weighted by molar-refractivity contribution is 6.39. The fourth-order valence-electron chi connectivity index (χ4n) is 1.74. The van der Waals surface area contributed by atoms with Gasteiger partial charge in [-0.1, -0.05) is 35.3 Å². The van der Waals surface area contributed by atoms with Gasteiger partial charge in [-0.3, -0.25) is 0 Å². The number of hydrogen-bond acceptors (Lipinski definition) is 2. The van der Waals surface area contributed by atoms with Crippen molar-refractivity contribution in [2.45, 2.75) is 6.10 Å². The standard InChI is InChI=1S/C14H11Cl2F2NO/c15-11-5-10(18)6-12(16)14(11)19-7-13(20)8-2-1-3-9(17)4-8/h1-6,13,19-20H,7H2. The van der Waals surface area contributed by atoms with Crippen molar-refractivity contribution in [1.29, 1.82) is 0 Å². The lowest BCUT2D eigenvalue weighted by Crippen LogP contribution is -2.13. The van der Waals surface area contributed by atoms with Crippen molar-refractivity contribution < 1.29 is 13.9 Å². The van der Waals surface area contributed by atoms with E-state index in [2.05, 4.69) is 5.32 Å². The zero-order chi connectivity index (χ0) is 14.7. The predicted octanol–water partition coefficient (Wildman–Crippen LogP) is 4.42. The first-order chi connectivity index (χ1) is 9.47. The van der Waals surface area contributed by atoms with E-state index in [1.807, 2.05) is 0 Å². The summed E-state index contributed by atoms with van der Waals surface area (Å²) in [5.41, 5.74) is 0.747. The summed E-state index contributed by atoms with van der Waals surface area (Å²) in [6.07, 6.45) is -0.942. The molecular weight excluding hydrogens is 307 g/mol. The molecule has 0 bridgehead atoms. The molecule has 0 aliphatic heterocycles. The molecule has 0 amide bonds. The van der Waals surface area contributed by atoms with Crippen molar-refractivity contribution >= 4 is 28.9 Å². The van der Waals surface area contributed by atoms with E-state index in [0.29, 0.717) is 11.3 Å². The molecule has 1 unspecified atom stereocenters. The van der Waals surface area contributed by atoms with Gasteiger partial charge in [0.15, 0.2) is 0 Å². The maximum atomic E-state index is 13.0. The molecule has 0 saturated heterocycles. The second kappa shape index (κ2) is 6.39. The molecule has 6 heteroatoms. The topological polar surface area (TPSA) is 32.3 Å². The van der Waals surface area contributed by atoms with E-state index in [1.165, 1.54) is 18.2 Å². The van der Waals surface area contributed by atoms with Gasteiger partial charge in [-0.25, -0.2) is 8.78 Å². The molecule has 0 heterocycles. The minimum atomic E-state index is -0.942. The number of aliphatic hydroxyl groups excluding tert-OH is 1. The van der Waals surface area contributed by atoms with Gasteiger partial charge >= 0.3 is 0 Å². The van der Waals surface area contributed by atoms with E-state index in [0.717, 1.165) is 12.1 Å². The average Bonchev–Trinajstić information content (AvgIpc) is 2.37.